The smallest absolute Gasteiger partial charge is 0.245 e. The molecule has 27 heavy (non-hydrogen) atoms. The van der Waals surface area contributed by atoms with Crippen LogP contribution in [0.5, 0.6) is 0 Å². The van der Waals surface area contributed by atoms with Crippen LogP contribution in [0.2, 0.25) is 0 Å². The third kappa shape index (κ3) is 3.75. The lowest BCUT2D eigenvalue weighted by molar-refractivity contribution is 0.402. The first-order valence-electron chi connectivity index (χ1n) is 9.25. The maximum absolute atomic E-state index is 6.20. The van der Waals surface area contributed by atoms with Crippen molar-refractivity contribution in [3.8, 4) is 0 Å². The van der Waals surface area contributed by atoms with Gasteiger partial charge in [0.05, 0.1) is 5.52 Å². The monoisotopic (exact) mass is 364 g/mol. The van der Waals surface area contributed by atoms with Crippen molar-refractivity contribution in [3.63, 3.8) is 0 Å². The van der Waals surface area contributed by atoms with E-state index in [0.29, 0.717) is 11.8 Å². The molecule has 0 spiro atoms. The number of aryl methyl sites for hydroxylation is 1. The van der Waals surface area contributed by atoms with Crippen LogP contribution >= 0.6 is 0 Å². The van der Waals surface area contributed by atoms with Crippen LogP contribution in [-0.4, -0.2) is 32.2 Å². The number of aromatic nitrogens is 4. The second-order valence-electron chi connectivity index (χ2n) is 7.06. The van der Waals surface area contributed by atoms with E-state index in [-0.39, 0.29) is 17.9 Å². The number of nitrogens with zero attached hydrogens (tertiary/aromatic N) is 4. The van der Waals surface area contributed by atoms with Gasteiger partial charge in [-0.1, -0.05) is 18.9 Å². The number of anilines is 4. The summed E-state index contributed by atoms with van der Waals surface area (Å²) in [5.41, 5.74) is 15.1. The zero-order valence-corrected chi connectivity index (χ0v) is 15.3. The Morgan fingerprint density at radius 1 is 1.15 bits per heavy atom. The van der Waals surface area contributed by atoms with Crippen LogP contribution in [0.4, 0.5) is 23.3 Å². The minimum Gasteiger partial charge on any atom is -0.379 e. The lowest BCUT2D eigenvalue weighted by Gasteiger charge is -2.29. The minimum absolute atomic E-state index is 0.104. The maximum atomic E-state index is 6.20. The normalized spacial score (nSPS) is 19.8. The highest BCUT2D eigenvalue weighted by atomic mass is 15.3. The zero-order chi connectivity index (χ0) is 18.8. The van der Waals surface area contributed by atoms with E-state index in [1.165, 1.54) is 6.42 Å². The van der Waals surface area contributed by atoms with Gasteiger partial charge < -0.3 is 22.1 Å². The first-order chi connectivity index (χ1) is 13.1. The summed E-state index contributed by atoms with van der Waals surface area (Å²) in [5, 5.41) is 15.7. The number of nitrogens with two attached hydrogens (primary N) is 2. The molecule has 0 bridgehead atoms. The Hall–Kier alpha value is -3.00. The SMILES string of the molecule is Cc1cc(Nc2nc(N[C@@H]3CCCC[C@@H]3N)nnc2N)cc2cccnc12. The standard InChI is InChI=1S/C19H24N8/c1-11-9-13(10-12-5-4-8-22-16(11)12)23-18-17(21)26-27-19(25-18)24-15-7-3-2-6-14(15)20/h4-5,8-10,14-15H,2-3,6-7,20H2,1H3,(H2,21,26)(H2,23,24,25,27)/t14-,15+/m0/s1. The summed E-state index contributed by atoms with van der Waals surface area (Å²) in [5.74, 6) is 1.16. The molecule has 1 aliphatic carbocycles. The number of pyridine rings is 1. The Kier molecular flexibility index (Phi) is 4.72. The van der Waals surface area contributed by atoms with Gasteiger partial charge in [0, 0.05) is 29.4 Å². The molecule has 0 unspecified atom stereocenters. The van der Waals surface area contributed by atoms with Gasteiger partial charge in [-0.15, -0.1) is 10.2 Å². The zero-order valence-electron chi connectivity index (χ0n) is 15.3. The summed E-state index contributed by atoms with van der Waals surface area (Å²) in [4.78, 5) is 8.93. The quantitative estimate of drug-likeness (QED) is 0.556. The molecule has 140 valence electrons. The van der Waals surface area contributed by atoms with Crippen LogP contribution in [0.3, 0.4) is 0 Å². The largest absolute Gasteiger partial charge is 0.379 e. The molecule has 8 nitrogen and oxygen atoms in total. The highest BCUT2D eigenvalue weighted by molar-refractivity contribution is 5.86. The minimum atomic E-state index is 0.104. The molecule has 2 heterocycles. The molecule has 1 saturated carbocycles. The van der Waals surface area contributed by atoms with Crippen LogP contribution in [0.15, 0.2) is 30.5 Å². The van der Waals surface area contributed by atoms with Crippen molar-refractivity contribution in [3.05, 3.63) is 36.0 Å². The number of hydrogen-bond acceptors (Lipinski definition) is 8. The van der Waals surface area contributed by atoms with E-state index >= 15 is 0 Å². The van der Waals surface area contributed by atoms with E-state index in [1.807, 2.05) is 31.2 Å². The highest BCUT2D eigenvalue weighted by Gasteiger charge is 2.22. The second kappa shape index (κ2) is 7.32. The van der Waals surface area contributed by atoms with Gasteiger partial charge in [0.1, 0.15) is 0 Å². The van der Waals surface area contributed by atoms with E-state index in [4.69, 9.17) is 11.5 Å². The number of fused-ring (bicyclic) bond motifs is 1. The fourth-order valence-electron chi connectivity index (χ4n) is 3.58. The predicted octanol–water partition coefficient (Wildman–Crippen LogP) is 2.74. The average molecular weight is 364 g/mol. The first kappa shape index (κ1) is 17.4. The van der Waals surface area contributed by atoms with E-state index < -0.39 is 0 Å². The van der Waals surface area contributed by atoms with Crippen molar-refractivity contribution in [2.24, 2.45) is 5.73 Å². The molecular formula is C19H24N8. The number of benzene rings is 1. The fourth-order valence-corrected chi connectivity index (χ4v) is 3.58. The van der Waals surface area contributed by atoms with Crippen molar-refractivity contribution in [1.29, 1.82) is 0 Å². The Morgan fingerprint density at radius 3 is 2.85 bits per heavy atom. The van der Waals surface area contributed by atoms with Gasteiger partial charge in [0.2, 0.25) is 5.95 Å². The summed E-state index contributed by atoms with van der Waals surface area (Å²) in [6, 6.07) is 8.24. The summed E-state index contributed by atoms with van der Waals surface area (Å²) in [6.07, 6.45) is 6.14. The van der Waals surface area contributed by atoms with Gasteiger partial charge in [-0.3, -0.25) is 4.98 Å². The van der Waals surface area contributed by atoms with Gasteiger partial charge in [-0.2, -0.15) is 4.98 Å². The van der Waals surface area contributed by atoms with E-state index in [9.17, 15) is 0 Å². The Bertz CT molecular complexity index is 958. The summed E-state index contributed by atoms with van der Waals surface area (Å²) in [6.45, 7) is 2.03. The summed E-state index contributed by atoms with van der Waals surface area (Å²) >= 11 is 0. The Balaban J connectivity index is 1.58. The van der Waals surface area contributed by atoms with E-state index in [1.54, 1.807) is 6.20 Å². The van der Waals surface area contributed by atoms with Crippen LogP contribution in [0, 0.1) is 6.92 Å². The summed E-state index contributed by atoms with van der Waals surface area (Å²) < 4.78 is 0. The Labute approximate surface area is 157 Å². The molecule has 1 aromatic carbocycles. The molecule has 8 heteroatoms. The van der Waals surface area contributed by atoms with E-state index in [2.05, 4.69) is 30.8 Å². The lowest BCUT2D eigenvalue weighted by Crippen LogP contribution is -2.43. The molecule has 6 N–H and O–H groups in total. The van der Waals surface area contributed by atoms with Crippen LogP contribution in [0.25, 0.3) is 10.9 Å². The van der Waals surface area contributed by atoms with Gasteiger partial charge >= 0.3 is 0 Å². The average Bonchev–Trinajstić information content (AvgIpc) is 2.66. The molecule has 3 aromatic rings. The van der Waals surface area contributed by atoms with Gasteiger partial charge in [0.15, 0.2) is 11.6 Å². The molecule has 2 aromatic heterocycles. The first-order valence-corrected chi connectivity index (χ1v) is 9.25. The molecule has 0 radical (unpaired) electrons. The fraction of sp³-hybridized carbons (Fsp3) is 0.368. The topological polar surface area (TPSA) is 128 Å². The third-order valence-electron chi connectivity index (χ3n) is 5.00. The van der Waals surface area contributed by atoms with Crippen LogP contribution in [0.1, 0.15) is 31.2 Å². The van der Waals surface area contributed by atoms with Crippen molar-refractivity contribution in [2.45, 2.75) is 44.7 Å². The third-order valence-corrected chi connectivity index (χ3v) is 5.00. The lowest BCUT2D eigenvalue weighted by atomic mass is 9.91. The number of nitrogens with one attached hydrogen (secondary N) is 2. The predicted molar refractivity (Wildman–Crippen MR) is 108 cm³/mol. The van der Waals surface area contributed by atoms with Crippen LogP contribution in [-0.2, 0) is 0 Å². The van der Waals surface area contributed by atoms with Crippen molar-refractivity contribution in [1.82, 2.24) is 20.2 Å². The van der Waals surface area contributed by atoms with Crippen molar-refractivity contribution in [2.75, 3.05) is 16.4 Å². The van der Waals surface area contributed by atoms with Crippen molar-refractivity contribution >= 4 is 34.2 Å². The molecule has 0 amide bonds. The van der Waals surface area contributed by atoms with Gasteiger partial charge in [-0.05, 0) is 43.5 Å². The molecule has 1 aliphatic rings. The molecule has 4 rings (SSSR count). The maximum Gasteiger partial charge on any atom is 0.245 e. The van der Waals surface area contributed by atoms with Gasteiger partial charge in [-0.25, -0.2) is 0 Å². The molecule has 0 saturated heterocycles. The van der Waals surface area contributed by atoms with Crippen molar-refractivity contribution < 1.29 is 0 Å². The molecule has 0 aliphatic heterocycles. The number of nitrogen functional groups attached to an aromatic ring is 1. The molecular weight excluding hydrogens is 340 g/mol. The molecule has 2 atom stereocenters. The Morgan fingerprint density at radius 2 is 2.00 bits per heavy atom. The molecule has 1 fully saturated rings. The van der Waals surface area contributed by atoms with E-state index in [0.717, 1.165) is 41.4 Å². The highest BCUT2D eigenvalue weighted by Crippen LogP contribution is 2.26. The number of hydrogen-bond donors (Lipinski definition) is 4. The summed E-state index contributed by atoms with van der Waals surface area (Å²) in [7, 11) is 0. The van der Waals surface area contributed by atoms with Gasteiger partial charge in [0.25, 0.3) is 0 Å². The van der Waals surface area contributed by atoms with Crippen LogP contribution < -0.4 is 22.1 Å². The second-order valence-corrected chi connectivity index (χ2v) is 7.06. The number of rotatable bonds is 4.